The summed E-state index contributed by atoms with van der Waals surface area (Å²) < 4.78 is 23.8. The van der Waals surface area contributed by atoms with Crippen molar-refractivity contribution in [1.29, 1.82) is 0 Å². The molecule has 8 heteroatoms. The fraction of sp³-hybridized carbons (Fsp3) is 0.174. The van der Waals surface area contributed by atoms with Gasteiger partial charge in [-0.2, -0.15) is 0 Å². The maximum Gasteiger partial charge on any atom is 0.124 e. The third-order valence-electron chi connectivity index (χ3n) is 4.56. The quantitative estimate of drug-likeness (QED) is 0.319. The third kappa shape index (κ3) is 5.03. The Morgan fingerprint density at radius 1 is 0.935 bits per heavy atom. The molecule has 0 atom stereocenters. The Balaban J connectivity index is 1.48. The molecule has 0 spiro atoms. The molecule has 0 N–H and O–H groups in total. The predicted octanol–water partition coefficient (Wildman–Crippen LogP) is 6.02. The van der Waals surface area contributed by atoms with Gasteiger partial charge in [-0.3, -0.25) is 0 Å². The predicted molar refractivity (Wildman–Crippen MR) is 122 cm³/mol. The van der Waals surface area contributed by atoms with Gasteiger partial charge < -0.3 is 9.47 Å². The summed E-state index contributed by atoms with van der Waals surface area (Å²) in [7, 11) is 3.28. The number of benzene rings is 2. The first-order chi connectivity index (χ1) is 15.1. The van der Waals surface area contributed by atoms with E-state index < -0.39 is 0 Å². The summed E-state index contributed by atoms with van der Waals surface area (Å²) in [6, 6.07) is 16.1. The molecule has 2 aromatic heterocycles. The molecule has 0 unspecified atom stereocenters. The summed E-state index contributed by atoms with van der Waals surface area (Å²) in [4.78, 5) is 5.58. The maximum absolute atomic E-state index is 13.2. The highest BCUT2D eigenvalue weighted by molar-refractivity contribution is 7.98. The van der Waals surface area contributed by atoms with E-state index in [1.165, 1.54) is 23.5 Å². The number of thiazole rings is 1. The SMILES string of the molecule is COc1cc(CSc2ccc(-c3sc(-c4ccc(F)cc4)nc3C)nn2)cc(OC)c1. The number of methoxy groups -OCH3 is 2. The van der Waals surface area contributed by atoms with Crippen LogP contribution < -0.4 is 9.47 Å². The first kappa shape index (κ1) is 21.3. The van der Waals surface area contributed by atoms with E-state index in [0.29, 0.717) is 0 Å². The molecule has 0 aliphatic heterocycles. The fourth-order valence-corrected chi connectivity index (χ4v) is 4.76. The van der Waals surface area contributed by atoms with Gasteiger partial charge in [0, 0.05) is 17.4 Å². The molecule has 158 valence electrons. The number of aromatic nitrogens is 3. The third-order valence-corrected chi connectivity index (χ3v) is 6.78. The number of hydrogen-bond acceptors (Lipinski definition) is 7. The lowest BCUT2D eigenvalue weighted by Crippen LogP contribution is -1.92. The van der Waals surface area contributed by atoms with Crippen LogP contribution in [-0.2, 0) is 5.75 Å². The van der Waals surface area contributed by atoms with Gasteiger partial charge in [0.05, 0.1) is 24.8 Å². The van der Waals surface area contributed by atoms with Crippen LogP contribution in [0.4, 0.5) is 4.39 Å². The molecular formula is C23H20FN3O2S2. The molecule has 0 aliphatic carbocycles. The van der Waals surface area contributed by atoms with Crippen LogP contribution in [0.15, 0.2) is 59.6 Å². The average molecular weight is 454 g/mol. The second-order valence-electron chi connectivity index (χ2n) is 6.71. The van der Waals surface area contributed by atoms with Gasteiger partial charge in [-0.25, -0.2) is 9.37 Å². The lowest BCUT2D eigenvalue weighted by Gasteiger charge is -2.08. The minimum Gasteiger partial charge on any atom is -0.497 e. The zero-order chi connectivity index (χ0) is 21.8. The molecule has 0 radical (unpaired) electrons. The van der Waals surface area contributed by atoms with Gasteiger partial charge in [-0.1, -0.05) is 11.8 Å². The van der Waals surface area contributed by atoms with Crippen molar-refractivity contribution in [2.75, 3.05) is 14.2 Å². The van der Waals surface area contributed by atoms with E-state index in [1.54, 1.807) is 38.1 Å². The lowest BCUT2D eigenvalue weighted by molar-refractivity contribution is 0.393. The first-order valence-electron chi connectivity index (χ1n) is 9.48. The smallest absolute Gasteiger partial charge is 0.124 e. The lowest BCUT2D eigenvalue weighted by atomic mass is 10.2. The van der Waals surface area contributed by atoms with Crippen LogP contribution in [0.5, 0.6) is 11.5 Å². The van der Waals surface area contributed by atoms with Gasteiger partial charge in [-0.05, 0) is 61.0 Å². The van der Waals surface area contributed by atoms with Crippen molar-refractivity contribution in [3.63, 3.8) is 0 Å². The molecule has 5 nitrogen and oxygen atoms in total. The molecular weight excluding hydrogens is 433 g/mol. The molecule has 31 heavy (non-hydrogen) atoms. The Morgan fingerprint density at radius 2 is 1.65 bits per heavy atom. The molecule has 0 bridgehead atoms. The molecule has 4 aromatic rings. The zero-order valence-electron chi connectivity index (χ0n) is 17.3. The molecule has 0 saturated heterocycles. The molecule has 0 amide bonds. The van der Waals surface area contributed by atoms with Gasteiger partial charge in [0.1, 0.15) is 33.0 Å². The Hall–Kier alpha value is -2.97. The Morgan fingerprint density at radius 3 is 2.26 bits per heavy atom. The van der Waals surface area contributed by atoms with Crippen LogP contribution in [0.1, 0.15) is 11.3 Å². The van der Waals surface area contributed by atoms with E-state index in [9.17, 15) is 4.39 Å². The van der Waals surface area contributed by atoms with Crippen molar-refractivity contribution in [1.82, 2.24) is 15.2 Å². The summed E-state index contributed by atoms with van der Waals surface area (Å²) in [5.74, 6) is 1.97. The van der Waals surface area contributed by atoms with Crippen LogP contribution in [0.3, 0.4) is 0 Å². The normalized spacial score (nSPS) is 10.8. The average Bonchev–Trinajstić information content (AvgIpc) is 3.19. The first-order valence-corrected chi connectivity index (χ1v) is 11.3. The number of halogens is 1. The largest absolute Gasteiger partial charge is 0.497 e. The monoisotopic (exact) mass is 453 g/mol. The second-order valence-corrected chi connectivity index (χ2v) is 8.70. The van der Waals surface area contributed by atoms with Crippen LogP contribution in [0.25, 0.3) is 21.1 Å². The van der Waals surface area contributed by atoms with Crippen LogP contribution >= 0.6 is 23.1 Å². The van der Waals surface area contributed by atoms with Crippen molar-refractivity contribution >= 4 is 23.1 Å². The van der Waals surface area contributed by atoms with Crippen molar-refractivity contribution < 1.29 is 13.9 Å². The molecule has 2 aromatic carbocycles. The van der Waals surface area contributed by atoms with Crippen LogP contribution in [0.2, 0.25) is 0 Å². The standard InChI is InChI=1S/C23H20FN3O2S2/c1-14-22(31-23(25-14)16-4-6-17(24)7-5-16)20-8-9-21(27-26-20)30-13-15-10-18(28-2)12-19(11-15)29-3/h4-12H,13H2,1-3H3. The Kier molecular flexibility index (Phi) is 6.48. The summed E-state index contributed by atoms with van der Waals surface area (Å²) in [5, 5.41) is 10.4. The van der Waals surface area contributed by atoms with Crippen molar-refractivity contribution in [3.8, 4) is 32.6 Å². The number of hydrogen-bond donors (Lipinski definition) is 0. The number of nitrogens with zero attached hydrogens (tertiary/aromatic N) is 3. The van der Waals surface area contributed by atoms with Crippen molar-refractivity contribution in [2.24, 2.45) is 0 Å². The maximum atomic E-state index is 13.2. The van der Waals surface area contributed by atoms with E-state index in [-0.39, 0.29) is 5.82 Å². The Labute approximate surface area is 188 Å². The van der Waals surface area contributed by atoms with Crippen LogP contribution in [-0.4, -0.2) is 29.4 Å². The topological polar surface area (TPSA) is 57.1 Å². The van der Waals surface area contributed by atoms with E-state index >= 15 is 0 Å². The number of thioether (sulfide) groups is 1. The highest BCUT2D eigenvalue weighted by atomic mass is 32.2. The summed E-state index contributed by atoms with van der Waals surface area (Å²) in [5.41, 5.74) is 3.61. The zero-order valence-corrected chi connectivity index (χ0v) is 18.9. The number of ether oxygens (including phenoxy) is 2. The van der Waals surface area contributed by atoms with E-state index in [0.717, 1.165) is 54.7 Å². The van der Waals surface area contributed by atoms with Gasteiger partial charge >= 0.3 is 0 Å². The summed E-state index contributed by atoms with van der Waals surface area (Å²) in [6.45, 7) is 1.94. The molecule has 0 fully saturated rings. The number of rotatable bonds is 7. The minimum absolute atomic E-state index is 0.261. The molecule has 2 heterocycles. The molecule has 4 rings (SSSR count). The van der Waals surface area contributed by atoms with Gasteiger partial charge in [0.15, 0.2) is 0 Å². The Bertz CT molecular complexity index is 1160. The van der Waals surface area contributed by atoms with E-state index in [1.807, 2.05) is 37.3 Å². The van der Waals surface area contributed by atoms with E-state index in [2.05, 4.69) is 15.2 Å². The highest BCUT2D eigenvalue weighted by Gasteiger charge is 2.13. The van der Waals surface area contributed by atoms with Gasteiger partial charge in [-0.15, -0.1) is 21.5 Å². The second kappa shape index (κ2) is 9.45. The molecule has 0 saturated carbocycles. The minimum atomic E-state index is -0.261. The summed E-state index contributed by atoms with van der Waals surface area (Å²) in [6.07, 6.45) is 0. The van der Waals surface area contributed by atoms with Gasteiger partial charge in [0.2, 0.25) is 0 Å². The molecule has 0 aliphatic rings. The van der Waals surface area contributed by atoms with Crippen molar-refractivity contribution in [2.45, 2.75) is 17.7 Å². The van der Waals surface area contributed by atoms with Gasteiger partial charge in [0.25, 0.3) is 0 Å². The highest BCUT2D eigenvalue weighted by Crippen LogP contribution is 2.35. The fourth-order valence-electron chi connectivity index (χ4n) is 2.98. The van der Waals surface area contributed by atoms with E-state index in [4.69, 9.17) is 9.47 Å². The van der Waals surface area contributed by atoms with Crippen molar-refractivity contribution in [3.05, 3.63) is 71.7 Å². The van der Waals surface area contributed by atoms with Crippen LogP contribution in [0, 0.1) is 12.7 Å². The summed E-state index contributed by atoms with van der Waals surface area (Å²) >= 11 is 3.12. The number of aryl methyl sites for hydroxylation is 1.